The van der Waals surface area contributed by atoms with Gasteiger partial charge in [-0.2, -0.15) is 0 Å². The van der Waals surface area contributed by atoms with Gasteiger partial charge in [0.15, 0.2) is 0 Å². The summed E-state index contributed by atoms with van der Waals surface area (Å²) in [6.45, 7) is 3.55. The highest BCUT2D eigenvalue weighted by molar-refractivity contribution is 5.87. The molecule has 4 nitrogen and oxygen atoms in total. The fraction of sp³-hybridized carbons (Fsp3) is 0.400. The number of carbonyl (C=O) groups excluding carboxylic acids is 1. The molecule has 19 heavy (non-hydrogen) atoms. The van der Waals surface area contributed by atoms with Gasteiger partial charge in [0, 0.05) is 26.2 Å². The monoisotopic (exact) mass is 264 g/mol. The van der Waals surface area contributed by atoms with Crippen LogP contribution in [-0.2, 0) is 14.3 Å². The number of methoxy groups -OCH3 is 1. The summed E-state index contributed by atoms with van der Waals surface area (Å²) in [5, 5.41) is 0. The normalized spacial score (nSPS) is 10.6. The van der Waals surface area contributed by atoms with Gasteiger partial charge in [-0.1, -0.05) is 12.1 Å². The predicted molar refractivity (Wildman–Crippen MR) is 74.1 cm³/mol. The van der Waals surface area contributed by atoms with Crippen molar-refractivity contribution < 1.29 is 19.0 Å². The molecule has 0 saturated heterocycles. The number of hydrogen-bond donors (Lipinski definition) is 0. The summed E-state index contributed by atoms with van der Waals surface area (Å²) in [5.74, 6) is 0.478. The minimum absolute atomic E-state index is 0.343. The van der Waals surface area contributed by atoms with E-state index >= 15 is 0 Å². The molecule has 0 spiro atoms. The lowest BCUT2D eigenvalue weighted by Crippen LogP contribution is -2.04. The SMILES string of the molecule is CCOc1ccc(/C=C/C(=O)OCCCOC)cc1. The first-order chi connectivity index (χ1) is 9.26. The average Bonchev–Trinajstić information content (AvgIpc) is 2.43. The largest absolute Gasteiger partial charge is 0.494 e. The Labute approximate surface area is 114 Å². The van der Waals surface area contributed by atoms with Crippen molar-refractivity contribution in [2.45, 2.75) is 13.3 Å². The van der Waals surface area contributed by atoms with Crippen LogP contribution in [0.25, 0.3) is 6.08 Å². The second-order valence-corrected chi connectivity index (χ2v) is 3.85. The second kappa shape index (κ2) is 9.16. The number of esters is 1. The number of hydrogen-bond acceptors (Lipinski definition) is 4. The highest BCUT2D eigenvalue weighted by Crippen LogP contribution is 2.13. The van der Waals surface area contributed by atoms with Crippen molar-refractivity contribution in [3.63, 3.8) is 0 Å². The minimum Gasteiger partial charge on any atom is -0.494 e. The standard InChI is InChI=1S/C15H20O4/c1-3-18-14-8-5-13(6-9-14)7-10-15(16)19-12-4-11-17-2/h5-10H,3-4,11-12H2,1-2H3/b10-7+. The van der Waals surface area contributed by atoms with Crippen molar-refractivity contribution in [1.82, 2.24) is 0 Å². The van der Waals surface area contributed by atoms with Crippen LogP contribution in [-0.4, -0.2) is 32.9 Å². The van der Waals surface area contributed by atoms with E-state index in [-0.39, 0.29) is 5.97 Å². The van der Waals surface area contributed by atoms with Gasteiger partial charge in [-0.3, -0.25) is 0 Å². The summed E-state index contributed by atoms with van der Waals surface area (Å²) in [6.07, 6.45) is 3.84. The molecule has 0 unspecified atom stereocenters. The Morgan fingerprint density at radius 2 is 1.95 bits per heavy atom. The number of benzene rings is 1. The van der Waals surface area contributed by atoms with E-state index < -0.39 is 0 Å². The van der Waals surface area contributed by atoms with E-state index in [4.69, 9.17) is 14.2 Å². The molecule has 0 aliphatic carbocycles. The molecule has 0 aromatic heterocycles. The van der Waals surface area contributed by atoms with Gasteiger partial charge < -0.3 is 14.2 Å². The quantitative estimate of drug-likeness (QED) is 0.411. The molecule has 0 aliphatic rings. The van der Waals surface area contributed by atoms with Crippen LogP contribution in [0.1, 0.15) is 18.9 Å². The maximum absolute atomic E-state index is 11.4. The van der Waals surface area contributed by atoms with Gasteiger partial charge in [-0.25, -0.2) is 4.79 Å². The Bertz CT molecular complexity index is 395. The van der Waals surface area contributed by atoms with Crippen molar-refractivity contribution in [2.75, 3.05) is 26.9 Å². The van der Waals surface area contributed by atoms with Crippen LogP contribution in [0, 0.1) is 0 Å². The molecular formula is C15H20O4. The van der Waals surface area contributed by atoms with Crippen LogP contribution >= 0.6 is 0 Å². The first-order valence-corrected chi connectivity index (χ1v) is 6.33. The Hall–Kier alpha value is -1.81. The van der Waals surface area contributed by atoms with Gasteiger partial charge in [-0.05, 0) is 30.7 Å². The highest BCUT2D eigenvalue weighted by Gasteiger charge is 1.97. The third-order valence-corrected chi connectivity index (χ3v) is 2.34. The summed E-state index contributed by atoms with van der Waals surface area (Å²) in [6, 6.07) is 7.51. The number of rotatable bonds is 8. The third-order valence-electron chi connectivity index (χ3n) is 2.34. The second-order valence-electron chi connectivity index (χ2n) is 3.85. The molecule has 0 amide bonds. The van der Waals surface area contributed by atoms with Gasteiger partial charge in [0.05, 0.1) is 13.2 Å². The van der Waals surface area contributed by atoms with Crippen LogP contribution in [0.4, 0.5) is 0 Å². The van der Waals surface area contributed by atoms with Gasteiger partial charge in [0.1, 0.15) is 5.75 Å². The van der Waals surface area contributed by atoms with Crippen LogP contribution in [0.15, 0.2) is 30.3 Å². The van der Waals surface area contributed by atoms with E-state index in [0.29, 0.717) is 26.2 Å². The molecule has 1 rings (SSSR count). The van der Waals surface area contributed by atoms with Crippen molar-refractivity contribution >= 4 is 12.0 Å². The highest BCUT2D eigenvalue weighted by atomic mass is 16.5. The third kappa shape index (κ3) is 6.62. The summed E-state index contributed by atoms with van der Waals surface area (Å²) in [7, 11) is 1.62. The molecule has 0 radical (unpaired) electrons. The van der Waals surface area contributed by atoms with Gasteiger partial charge in [0.2, 0.25) is 0 Å². The Morgan fingerprint density at radius 3 is 2.58 bits per heavy atom. The topological polar surface area (TPSA) is 44.8 Å². The van der Waals surface area contributed by atoms with Crippen molar-refractivity contribution in [3.05, 3.63) is 35.9 Å². The maximum atomic E-state index is 11.4. The molecule has 0 saturated carbocycles. The lowest BCUT2D eigenvalue weighted by molar-refractivity contribution is -0.138. The van der Waals surface area contributed by atoms with Crippen molar-refractivity contribution in [1.29, 1.82) is 0 Å². The van der Waals surface area contributed by atoms with E-state index in [1.54, 1.807) is 13.2 Å². The zero-order chi connectivity index (χ0) is 13.9. The summed E-state index contributed by atoms with van der Waals surface area (Å²) >= 11 is 0. The first-order valence-electron chi connectivity index (χ1n) is 6.33. The molecule has 0 N–H and O–H groups in total. The Kier molecular flexibility index (Phi) is 7.35. The summed E-state index contributed by atoms with van der Waals surface area (Å²) in [4.78, 5) is 11.4. The zero-order valence-electron chi connectivity index (χ0n) is 11.4. The molecule has 1 aromatic carbocycles. The first kappa shape index (κ1) is 15.2. The minimum atomic E-state index is -0.343. The zero-order valence-corrected chi connectivity index (χ0v) is 11.4. The fourth-order valence-corrected chi connectivity index (χ4v) is 1.43. The van der Waals surface area contributed by atoms with E-state index in [1.807, 2.05) is 31.2 Å². The molecule has 0 aliphatic heterocycles. The molecule has 1 aromatic rings. The van der Waals surface area contributed by atoms with E-state index in [2.05, 4.69) is 0 Å². The molecule has 4 heteroatoms. The molecule has 0 bridgehead atoms. The Balaban J connectivity index is 2.36. The summed E-state index contributed by atoms with van der Waals surface area (Å²) < 4.78 is 15.2. The predicted octanol–water partition coefficient (Wildman–Crippen LogP) is 2.68. The van der Waals surface area contributed by atoms with E-state index in [1.165, 1.54) is 6.08 Å². The average molecular weight is 264 g/mol. The van der Waals surface area contributed by atoms with Crippen LogP contribution in [0.5, 0.6) is 5.75 Å². The van der Waals surface area contributed by atoms with Gasteiger partial charge >= 0.3 is 5.97 Å². The van der Waals surface area contributed by atoms with Gasteiger partial charge in [0.25, 0.3) is 0 Å². The maximum Gasteiger partial charge on any atom is 0.330 e. The lowest BCUT2D eigenvalue weighted by Gasteiger charge is -2.02. The van der Waals surface area contributed by atoms with Crippen LogP contribution in [0.3, 0.4) is 0 Å². The van der Waals surface area contributed by atoms with Gasteiger partial charge in [-0.15, -0.1) is 0 Å². The smallest absolute Gasteiger partial charge is 0.330 e. The molecule has 0 heterocycles. The Morgan fingerprint density at radius 1 is 1.21 bits per heavy atom. The van der Waals surface area contributed by atoms with Crippen molar-refractivity contribution in [2.24, 2.45) is 0 Å². The molecular weight excluding hydrogens is 244 g/mol. The molecule has 0 fully saturated rings. The molecule has 0 atom stereocenters. The fourth-order valence-electron chi connectivity index (χ4n) is 1.43. The lowest BCUT2D eigenvalue weighted by atomic mass is 10.2. The van der Waals surface area contributed by atoms with Crippen LogP contribution in [0.2, 0.25) is 0 Å². The van der Waals surface area contributed by atoms with Crippen LogP contribution < -0.4 is 4.74 Å². The number of ether oxygens (including phenoxy) is 3. The summed E-state index contributed by atoms with van der Waals surface area (Å²) in [5.41, 5.74) is 0.928. The van der Waals surface area contributed by atoms with Crippen molar-refractivity contribution in [3.8, 4) is 5.75 Å². The molecule has 104 valence electrons. The van der Waals surface area contributed by atoms with E-state index in [0.717, 1.165) is 11.3 Å². The van der Waals surface area contributed by atoms with E-state index in [9.17, 15) is 4.79 Å². The number of carbonyl (C=O) groups is 1.